The number of benzene rings is 1. The van der Waals surface area contributed by atoms with Crippen LogP contribution in [0.4, 0.5) is 0 Å². The van der Waals surface area contributed by atoms with Gasteiger partial charge in [0.15, 0.2) is 17.3 Å². The van der Waals surface area contributed by atoms with E-state index in [-0.39, 0.29) is 5.78 Å². The number of ketones is 1. The van der Waals surface area contributed by atoms with Crippen LogP contribution in [-0.4, -0.2) is 19.0 Å². The second kappa shape index (κ2) is 4.11. The number of halogens is 1. The van der Waals surface area contributed by atoms with E-state index in [0.717, 1.165) is 6.42 Å². The number of Topliss-reactive ketones (excluding diaryl/α,β-unsaturated/α-hetero) is 1. The van der Waals surface area contributed by atoms with Crippen LogP contribution in [0.25, 0.3) is 0 Å². The summed E-state index contributed by atoms with van der Waals surface area (Å²) in [4.78, 5) is 11.3. The fourth-order valence-corrected chi connectivity index (χ4v) is 1.74. The standard InChI is InChI=1S/C11H11ClO3/c1-7(13)8-5-10-11(6-9(8)12)15-4-2-3-14-10/h5-6H,2-4H2,1H3. The third-order valence-corrected chi connectivity index (χ3v) is 2.53. The van der Waals surface area contributed by atoms with Gasteiger partial charge < -0.3 is 9.47 Å². The van der Waals surface area contributed by atoms with Crippen molar-refractivity contribution in [3.05, 3.63) is 22.7 Å². The molecule has 0 fully saturated rings. The van der Waals surface area contributed by atoms with Crippen LogP contribution in [0, 0.1) is 0 Å². The first-order valence-corrected chi connectivity index (χ1v) is 5.16. The van der Waals surface area contributed by atoms with E-state index in [1.807, 2.05) is 0 Å². The van der Waals surface area contributed by atoms with Gasteiger partial charge in [0.2, 0.25) is 0 Å². The maximum absolute atomic E-state index is 11.3. The lowest BCUT2D eigenvalue weighted by atomic mass is 10.1. The first-order chi connectivity index (χ1) is 7.18. The molecule has 0 saturated carbocycles. The predicted molar refractivity (Wildman–Crippen MR) is 57.1 cm³/mol. The lowest BCUT2D eigenvalue weighted by molar-refractivity contribution is 0.101. The van der Waals surface area contributed by atoms with Crippen LogP contribution in [0.3, 0.4) is 0 Å². The fourth-order valence-electron chi connectivity index (χ4n) is 1.45. The number of rotatable bonds is 1. The van der Waals surface area contributed by atoms with Gasteiger partial charge >= 0.3 is 0 Å². The number of carbonyl (C=O) groups is 1. The smallest absolute Gasteiger partial charge is 0.162 e. The topological polar surface area (TPSA) is 35.5 Å². The predicted octanol–water partition coefficient (Wildman–Crippen LogP) is 2.70. The van der Waals surface area contributed by atoms with Gasteiger partial charge in [-0.1, -0.05) is 11.6 Å². The molecule has 1 heterocycles. The molecule has 1 aliphatic heterocycles. The second-order valence-electron chi connectivity index (χ2n) is 3.39. The van der Waals surface area contributed by atoms with E-state index in [2.05, 4.69) is 0 Å². The molecular weight excluding hydrogens is 216 g/mol. The molecule has 0 spiro atoms. The van der Waals surface area contributed by atoms with Crippen molar-refractivity contribution in [2.75, 3.05) is 13.2 Å². The van der Waals surface area contributed by atoms with Crippen LogP contribution < -0.4 is 9.47 Å². The van der Waals surface area contributed by atoms with Crippen molar-refractivity contribution in [2.45, 2.75) is 13.3 Å². The average molecular weight is 227 g/mol. The van der Waals surface area contributed by atoms with Crippen molar-refractivity contribution >= 4 is 17.4 Å². The Morgan fingerprint density at radius 3 is 2.47 bits per heavy atom. The normalized spacial score (nSPS) is 14.5. The van der Waals surface area contributed by atoms with E-state index < -0.39 is 0 Å². The van der Waals surface area contributed by atoms with Crippen LogP contribution >= 0.6 is 11.6 Å². The summed E-state index contributed by atoms with van der Waals surface area (Å²) in [6, 6.07) is 3.28. The summed E-state index contributed by atoms with van der Waals surface area (Å²) < 4.78 is 10.9. The number of hydrogen-bond donors (Lipinski definition) is 0. The van der Waals surface area contributed by atoms with Gasteiger partial charge in [0.05, 0.1) is 18.2 Å². The van der Waals surface area contributed by atoms with Crippen LogP contribution in [0.2, 0.25) is 5.02 Å². The SMILES string of the molecule is CC(=O)c1cc2c(cc1Cl)OCCCO2. The van der Waals surface area contributed by atoms with Crippen molar-refractivity contribution in [1.82, 2.24) is 0 Å². The third kappa shape index (κ3) is 2.07. The molecule has 0 bridgehead atoms. The molecule has 4 heteroatoms. The summed E-state index contributed by atoms with van der Waals surface area (Å²) in [6.07, 6.45) is 0.835. The van der Waals surface area contributed by atoms with Crippen molar-refractivity contribution in [3.63, 3.8) is 0 Å². The number of fused-ring (bicyclic) bond motifs is 1. The Hall–Kier alpha value is -1.22. The molecule has 80 valence electrons. The molecular formula is C11H11ClO3. The first-order valence-electron chi connectivity index (χ1n) is 4.78. The van der Waals surface area contributed by atoms with Crippen molar-refractivity contribution < 1.29 is 14.3 Å². The highest BCUT2D eigenvalue weighted by molar-refractivity contribution is 6.34. The molecule has 0 radical (unpaired) electrons. The first kappa shape index (κ1) is 10.3. The number of carbonyl (C=O) groups excluding carboxylic acids is 1. The van der Waals surface area contributed by atoms with Crippen molar-refractivity contribution in [1.29, 1.82) is 0 Å². The minimum atomic E-state index is -0.0735. The Balaban J connectivity index is 2.47. The molecule has 1 aliphatic rings. The van der Waals surface area contributed by atoms with Crippen LogP contribution in [0.5, 0.6) is 11.5 Å². The summed E-state index contributed by atoms with van der Waals surface area (Å²) in [5.74, 6) is 1.14. The Kier molecular flexibility index (Phi) is 2.82. The zero-order valence-electron chi connectivity index (χ0n) is 8.38. The molecule has 15 heavy (non-hydrogen) atoms. The highest BCUT2D eigenvalue weighted by Gasteiger charge is 2.15. The quantitative estimate of drug-likeness (QED) is 0.691. The van der Waals surface area contributed by atoms with Crippen LogP contribution in [0.1, 0.15) is 23.7 Å². The highest BCUT2D eigenvalue weighted by Crippen LogP contribution is 2.35. The van der Waals surface area contributed by atoms with Gasteiger partial charge in [0.25, 0.3) is 0 Å². The minimum Gasteiger partial charge on any atom is -0.490 e. The maximum atomic E-state index is 11.3. The van der Waals surface area contributed by atoms with Crippen molar-refractivity contribution in [2.24, 2.45) is 0 Å². The maximum Gasteiger partial charge on any atom is 0.162 e. The summed E-state index contributed by atoms with van der Waals surface area (Å²) in [6.45, 7) is 2.69. The van der Waals surface area contributed by atoms with Crippen molar-refractivity contribution in [3.8, 4) is 11.5 Å². The zero-order valence-corrected chi connectivity index (χ0v) is 9.13. The fraction of sp³-hybridized carbons (Fsp3) is 0.364. The summed E-state index contributed by atoms with van der Waals surface area (Å²) >= 11 is 5.95. The van der Waals surface area contributed by atoms with Crippen LogP contribution in [0.15, 0.2) is 12.1 Å². The summed E-state index contributed by atoms with van der Waals surface area (Å²) in [7, 11) is 0. The molecule has 2 rings (SSSR count). The molecule has 0 amide bonds. The number of ether oxygens (including phenoxy) is 2. The van der Waals surface area contributed by atoms with Gasteiger partial charge in [0.1, 0.15) is 0 Å². The highest BCUT2D eigenvalue weighted by atomic mass is 35.5. The van der Waals surface area contributed by atoms with Gasteiger partial charge in [-0.25, -0.2) is 0 Å². The van der Waals surface area contributed by atoms with Gasteiger partial charge in [-0.3, -0.25) is 4.79 Å². The summed E-state index contributed by atoms with van der Waals surface area (Å²) in [5, 5.41) is 0.409. The van der Waals surface area contributed by atoms with E-state index in [4.69, 9.17) is 21.1 Å². The van der Waals surface area contributed by atoms with Gasteiger partial charge in [-0.05, 0) is 13.0 Å². The lowest BCUT2D eigenvalue weighted by Crippen LogP contribution is -1.98. The Morgan fingerprint density at radius 2 is 1.87 bits per heavy atom. The molecule has 0 N–H and O–H groups in total. The van der Waals surface area contributed by atoms with Gasteiger partial charge in [-0.15, -0.1) is 0 Å². The molecule has 0 unspecified atom stereocenters. The molecule has 0 saturated heterocycles. The molecule has 1 aromatic rings. The molecule has 1 aromatic carbocycles. The average Bonchev–Trinajstić information content (AvgIpc) is 2.40. The minimum absolute atomic E-state index is 0.0735. The van der Waals surface area contributed by atoms with Gasteiger partial charge in [-0.2, -0.15) is 0 Å². The number of hydrogen-bond acceptors (Lipinski definition) is 3. The largest absolute Gasteiger partial charge is 0.490 e. The van der Waals surface area contributed by atoms with E-state index >= 15 is 0 Å². The van der Waals surface area contributed by atoms with Gasteiger partial charge in [0, 0.05) is 18.1 Å². The van der Waals surface area contributed by atoms with E-state index in [1.54, 1.807) is 12.1 Å². The Bertz CT molecular complexity index is 401. The molecule has 3 nitrogen and oxygen atoms in total. The molecule has 0 aromatic heterocycles. The zero-order chi connectivity index (χ0) is 10.8. The third-order valence-electron chi connectivity index (χ3n) is 2.22. The van der Waals surface area contributed by atoms with E-state index in [9.17, 15) is 4.79 Å². The van der Waals surface area contributed by atoms with E-state index in [0.29, 0.717) is 35.3 Å². The Morgan fingerprint density at radius 1 is 1.27 bits per heavy atom. The Labute approximate surface area is 92.9 Å². The molecule has 0 aliphatic carbocycles. The summed E-state index contributed by atoms with van der Waals surface area (Å²) in [5.41, 5.74) is 0.473. The monoisotopic (exact) mass is 226 g/mol. The van der Waals surface area contributed by atoms with E-state index in [1.165, 1.54) is 6.92 Å². The molecule has 0 atom stereocenters. The van der Waals surface area contributed by atoms with Crippen LogP contribution in [-0.2, 0) is 0 Å². The second-order valence-corrected chi connectivity index (χ2v) is 3.79. The lowest BCUT2D eigenvalue weighted by Gasteiger charge is -2.09.